The van der Waals surface area contributed by atoms with E-state index in [4.69, 9.17) is 0 Å². The van der Waals surface area contributed by atoms with Gasteiger partial charge in [0.1, 0.15) is 0 Å². The summed E-state index contributed by atoms with van der Waals surface area (Å²) in [5.74, 6) is -0.00976. The fourth-order valence-electron chi connectivity index (χ4n) is 3.28. The van der Waals surface area contributed by atoms with Gasteiger partial charge in [-0.25, -0.2) is 4.98 Å². The summed E-state index contributed by atoms with van der Waals surface area (Å²) in [6.45, 7) is 3.31. The van der Waals surface area contributed by atoms with E-state index in [0.717, 1.165) is 18.8 Å². The lowest BCUT2D eigenvalue weighted by Gasteiger charge is -2.34. The third-order valence-corrected chi connectivity index (χ3v) is 6.53. The number of thiazole rings is 1. The lowest BCUT2D eigenvalue weighted by molar-refractivity contribution is 0.0627. The molecule has 0 aliphatic carbocycles. The predicted molar refractivity (Wildman–Crippen MR) is 109 cm³/mol. The summed E-state index contributed by atoms with van der Waals surface area (Å²) >= 11 is 1.44. The number of benzene rings is 1. The van der Waals surface area contributed by atoms with Gasteiger partial charge in [0.25, 0.3) is 11.5 Å². The molecule has 1 aliphatic rings. The molecule has 146 valence electrons. The van der Waals surface area contributed by atoms with Gasteiger partial charge in [0.15, 0.2) is 4.96 Å². The van der Waals surface area contributed by atoms with Crippen molar-refractivity contribution in [3.8, 4) is 0 Å². The van der Waals surface area contributed by atoms with Crippen LogP contribution in [-0.4, -0.2) is 61.7 Å². The van der Waals surface area contributed by atoms with Crippen LogP contribution in [0.3, 0.4) is 0 Å². The fourth-order valence-corrected chi connectivity index (χ4v) is 4.54. The summed E-state index contributed by atoms with van der Waals surface area (Å²) in [5.41, 5.74) is 1.31. The predicted octanol–water partition coefficient (Wildman–Crippen LogP) is 1.45. The Balaban J connectivity index is 1.37. The second kappa shape index (κ2) is 7.94. The van der Waals surface area contributed by atoms with E-state index in [2.05, 4.69) is 9.88 Å². The molecule has 3 aromatic rings. The maximum Gasteiger partial charge on any atom is 0.258 e. The molecular formula is C19H20N4O3S2. The molecule has 1 saturated heterocycles. The monoisotopic (exact) mass is 416 g/mol. The number of hydrogen-bond acceptors (Lipinski definition) is 6. The van der Waals surface area contributed by atoms with Gasteiger partial charge in [0.05, 0.1) is 5.69 Å². The van der Waals surface area contributed by atoms with Crippen LogP contribution in [0.1, 0.15) is 16.1 Å². The van der Waals surface area contributed by atoms with Gasteiger partial charge in [0.2, 0.25) is 0 Å². The van der Waals surface area contributed by atoms with Crippen LogP contribution in [0.2, 0.25) is 0 Å². The lowest BCUT2D eigenvalue weighted by Crippen LogP contribution is -2.48. The summed E-state index contributed by atoms with van der Waals surface area (Å²) in [6.07, 6.45) is 3.35. The van der Waals surface area contributed by atoms with E-state index in [-0.39, 0.29) is 11.5 Å². The smallest absolute Gasteiger partial charge is 0.258 e. The van der Waals surface area contributed by atoms with Gasteiger partial charge in [-0.1, -0.05) is 0 Å². The van der Waals surface area contributed by atoms with Gasteiger partial charge in [-0.15, -0.1) is 11.3 Å². The Labute approximate surface area is 168 Å². The normalized spacial score (nSPS) is 16.4. The molecule has 7 nitrogen and oxygen atoms in total. The standard InChI is InChI=1S/C19H20N4O3S2/c1-28(26)16-4-2-14(3-5-16)18(25)22-8-6-21(7-9-22)13-15-12-17(24)23-10-11-27-19(23)20-15/h2-5,10-12H,6-9,13H2,1H3. The van der Waals surface area contributed by atoms with Gasteiger partial charge in [-0.2, -0.15) is 0 Å². The van der Waals surface area contributed by atoms with E-state index in [9.17, 15) is 13.8 Å². The summed E-state index contributed by atoms with van der Waals surface area (Å²) < 4.78 is 13.0. The molecule has 1 aliphatic heterocycles. The Kier molecular flexibility index (Phi) is 5.38. The van der Waals surface area contributed by atoms with Crippen LogP contribution in [-0.2, 0) is 17.3 Å². The first-order valence-electron chi connectivity index (χ1n) is 8.92. The van der Waals surface area contributed by atoms with E-state index in [1.165, 1.54) is 11.3 Å². The first kappa shape index (κ1) is 19.0. The molecule has 0 spiro atoms. The van der Waals surface area contributed by atoms with Crippen LogP contribution in [0, 0.1) is 0 Å². The highest BCUT2D eigenvalue weighted by atomic mass is 32.2. The summed E-state index contributed by atoms with van der Waals surface area (Å²) in [4.78, 5) is 34.8. The fraction of sp³-hybridized carbons (Fsp3) is 0.316. The van der Waals surface area contributed by atoms with Crippen LogP contribution in [0.5, 0.6) is 0 Å². The molecule has 9 heteroatoms. The highest BCUT2D eigenvalue weighted by Gasteiger charge is 2.22. The largest absolute Gasteiger partial charge is 0.336 e. The Bertz CT molecular complexity index is 1080. The number of carbonyl (C=O) groups excluding carboxylic acids is 1. The number of fused-ring (bicyclic) bond motifs is 1. The summed E-state index contributed by atoms with van der Waals surface area (Å²) in [7, 11) is -1.05. The van der Waals surface area contributed by atoms with Crippen molar-refractivity contribution in [3.05, 3.63) is 63.5 Å². The molecule has 4 rings (SSSR count). The summed E-state index contributed by atoms with van der Waals surface area (Å²) in [5, 5.41) is 1.85. The SMILES string of the molecule is CS(=O)c1ccc(C(=O)N2CCN(Cc3cc(=O)n4ccsc4n3)CC2)cc1. The highest BCUT2D eigenvalue weighted by Crippen LogP contribution is 2.14. The van der Waals surface area contributed by atoms with E-state index in [0.29, 0.717) is 35.1 Å². The molecule has 3 heterocycles. The minimum absolute atomic E-state index is 0.00976. The Morgan fingerprint density at radius 1 is 1.18 bits per heavy atom. The Morgan fingerprint density at radius 2 is 1.89 bits per heavy atom. The van der Waals surface area contributed by atoms with Gasteiger partial charge in [-0.05, 0) is 24.3 Å². The third kappa shape index (κ3) is 3.91. The van der Waals surface area contributed by atoms with Crippen molar-refractivity contribution in [2.24, 2.45) is 0 Å². The molecule has 1 fully saturated rings. The molecule has 1 aromatic carbocycles. The Hall–Kier alpha value is -2.36. The van der Waals surface area contributed by atoms with Crippen molar-refractivity contribution in [1.29, 1.82) is 0 Å². The molecule has 0 radical (unpaired) electrons. The number of nitrogens with zero attached hydrogens (tertiary/aromatic N) is 4. The quantitative estimate of drug-likeness (QED) is 0.644. The minimum atomic E-state index is -1.05. The molecule has 1 unspecified atom stereocenters. The Morgan fingerprint density at radius 3 is 2.57 bits per heavy atom. The van der Waals surface area contributed by atoms with Crippen LogP contribution in [0.15, 0.2) is 51.6 Å². The number of hydrogen-bond donors (Lipinski definition) is 0. The molecule has 1 amide bonds. The average Bonchev–Trinajstić information content (AvgIpc) is 3.17. The molecule has 0 saturated carbocycles. The minimum Gasteiger partial charge on any atom is -0.336 e. The van der Waals surface area contributed by atoms with Gasteiger partial charge in [-0.3, -0.25) is 23.1 Å². The number of piperazine rings is 1. The zero-order valence-corrected chi connectivity index (χ0v) is 17.0. The average molecular weight is 417 g/mol. The van der Waals surface area contributed by atoms with Gasteiger partial charge < -0.3 is 4.90 Å². The second-order valence-electron chi connectivity index (χ2n) is 6.69. The highest BCUT2D eigenvalue weighted by molar-refractivity contribution is 7.84. The van der Waals surface area contributed by atoms with E-state index >= 15 is 0 Å². The van der Waals surface area contributed by atoms with Gasteiger partial charge >= 0.3 is 0 Å². The van der Waals surface area contributed by atoms with Crippen molar-refractivity contribution in [3.63, 3.8) is 0 Å². The van der Waals surface area contributed by atoms with Crippen molar-refractivity contribution in [2.45, 2.75) is 11.4 Å². The molecule has 28 heavy (non-hydrogen) atoms. The van der Waals surface area contributed by atoms with Crippen molar-refractivity contribution >= 4 is 33.0 Å². The van der Waals surface area contributed by atoms with Crippen LogP contribution >= 0.6 is 11.3 Å². The first-order valence-corrected chi connectivity index (χ1v) is 11.4. The van der Waals surface area contributed by atoms with Crippen LogP contribution in [0.4, 0.5) is 0 Å². The first-order chi connectivity index (χ1) is 13.5. The van der Waals surface area contributed by atoms with E-state index in [1.54, 1.807) is 47.2 Å². The molecular weight excluding hydrogens is 396 g/mol. The molecule has 1 atom stereocenters. The van der Waals surface area contributed by atoms with Crippen molar-refractivity contribution in [2.75, 3.05) is 32.4 Å². The maximum atomic E-state index is 12.7. The molecule has 0 bridgehead atoms. The topological polar surface area (TPSA) is 75.0 Å². The zero-order chi connectivity index (χ0) is 19.7. The summed E-state index contributed by atoms with van der Waals surface area (Å²) in [6, 6.07) is 8.53. The van der Waals surface area contributed by atoms with E-state index < -0.39 is 10.8 Å². The van der Waals surface area contributed by atoms with E-state index in [1.807, 2.05) is 10.3 Å². The van der Waals surface area contributed by atoms with Crippen molar-refractivity contribution in [1.82, 2.24) is 19.2 Å². The van der Waals surface area contributed by atoms with Crippen LogP contribution in [0.25, 0.3) is 4.96 Å². The maximum absolute atomic E-state index is 12.7. The van der Waals surface area contributed by atoms with Crippen LogP contribution < -0.4 is 5.56 Å². The van der Waals surface area contributed by atoms with Gasteiger partial charge in [0, 0.05) is 77.9 Å². The molecule has 0 N–H and O–H groups in total. The number of rotatable bonds is 4. The number of aromatic nitrogens is 2. The van der Waals surface area contributed by atoms with Crippen molar-refractivity contribution < 1.29 is 9.00 Å². The third-order valence-electron chi connectivity index (χ3n) is 4.83. The number of amides is 1. The molecule has 2 aromatic heterocycles. The zero-order valence-electron chi connectivity index (χ0n) is 15.4. The lowest BCUT2D eigenvalue weighted by atomic mass is 10.2. The number of carbonyl (C=O) groups is 1. The second-order valence-corrected chi connectivity index (χ2v) is 8.94.